The summed E-state index contributed by atoms with van der Waals surface area (Å²) in [6, 6.07) is -0.777. The summed E-state index contributed by atoms with van der Waals surface area (Å²) < 4.78 is 0. The van der Waals surface area contributed by atoms with E-state index in [9.17, 15) is 9.59 Å². The number of rotatable bonds is 1. The van der Waals surface area contributed by atoms with Crippen molar-refractivity contribution in [3.05, 3.63) is 0 Å². The number of carbonyl (C=O) groups excluding carboxylic acids is 1. The summed E-state index contributed by atoms with van der Waals surface area (Å²) in [5, 5.41) is 9.54. The van der Waals surface area contributed by atoms with Gasteiger partial charge in [0.05, 0.1) is 6.04 Å². The lowest BCUT2D eigenvalue weighted by atomic mass is 10.3. The first kappa shape index (κ1) is 7.90. The fourth-order valence-corrected chi connectivity index (χ4v) is 0.219. The largest absolute Gasteiger partial charge is 0.465 e. The van der Waals surface area contributed by atoms with Crippen molar-refractivity contribution in [1.29, 1.82) is 0 Å². The summed E-state index contributed by atoms with van der Waals surface area (Å²) in [5.74, 6) is -0.692. The first-order chi connectivity index (χ1) is 4.04. The molecule has 0 saturated heterocycles. The quantitative estimate of drug-likeness (QED) is 0.432. The van der Waals surface area contributed by atoms with Gasteiger partial charge in [0, 0.05) is 0 Å². The van der Waals surface area contributed by atoms with Gasteiger partial charge < -0.3 is 10.8 Å². The Hall–Kier alpha value is -1.10. The first-order valence-corrected chi connectivity index (χ1v) is 2.33. The number of nitrogens with one attached hydrogen (secondary N) is 1. The van der Waals surface area contributed by atoms with E-state index in [-0.39, 0.29) is 0 Å². The summed E-state index contributed by atoms with van der Waals surface area (Å²) in [6.07, 6.45) is -1.38. The summed E-state index contributed by atoms with van der Waals surface area (Å²) in [4.78, 5) is 20.1. The SMILES string of the molecule is C[C@H](N)C(=O)NC(=O)O. The van der Waals surface area contributed by atoms with Gasteiger partial charge in [0.15, 0.2) is 0 Å². The van der Waals surface area contributed by atoms with Gasteiger partial charge in [-0.2, -0.15) is 0 Å². The number of nitrogens with two attached hydrogens (primary N) is 1. The highest BCUT2D eigenvalue weighted by molar-refractivity contribution is 5.93. The van der Waals surface area contributed by atoms with Crippen molar-refractivity contribution in [2.24, 2.45) is 5.73 Å². The van der Waals surface area contributed by atoms with Crippen LogP contribution in [0.3, 0.4) is 0 Å². The van der Waals surface area contributed by atoms with E-state index in [4.69, 9.17) is 10.8 Å². The average Bonchev–Trinajstić information content (AvgIpc) is 1.63. The van der Waals surface area contributed by atoms with Crippen LogP contribution in [0.1, 0.15) is 6.92 Å². The Morgan fingerprint density at radius 1 is 1.67 bits per heavy atom. The van der Waals surface area contributed by atoms with E-state index < -0.39 is 18.0 Å². The van der Waals surface area contributed by atoms with Crippen molar-refractivity contribution < 1.29 is 14.7 Å². The van der Waals surface area contributed by atoms with Crippen LogP contribution < -0.4 is 11.1 Å². The van der Waals surface area contributed by atoms with Crippen LogP contribution in [0.25, 0.3) is 0 Å². The van der Waals surface area contributed by atoms with Crippen LogP contribution in [0.2, 0.25) is 0 Å². The molecule has 0 saturated carbocycles. The number of carbonyl (C=O) groups is 2. The number of amides is 2. The van der Waals surface area contributed by atoms with Gasteiger partial charge in [-0.15, -0.1) is 0 Å². The van der Waals surface area contributed by atoms with Gasteiger partial charge in [-0.25, -0.2) is 4.79 Å². The van der Waals surface area contributed by atoms with Crippen LogP contribution >= 0.6 is 0 Å². The van der Waals surface area contributed by atoms with Crippen molar-refractivity contribution in [2.75, 3.05) is 0 Å². The van der Waals surface area contributed by atoms with E-state index in [1.54, 1.807) is 5.32 Å². The lowest BCUT2D eigenvalue weighted by Gasteiger charge is -2.00. The van der Waals surface area contributed by atoms with Crippen molar-refractivity contribution >= 4 is 12.0 Å². The maximum absolute atomic E-state index is 10.3. The normalized spacial score (nSPS) is 12.2. The van der Waals surface area contributed by atoms with Crippen molar-refractivity contribution in [1.82, 2.24) is 5.32 Å². The molecule has 0 rings (SSSR count). The smallest absolute Gasteiger partial charge is 0.411 e. The summed E-state index contributed by atoms with van der Waals surface area (Å²) in [7, 11) is 0. The third kappa shape index (κ3) is 3.48. The number of carboxylic acid groups (broad SMARTS) is 1. The first-order valence-electron chi connectivity index (χ1n) is 2.33. The van der Waals surface area contributed by atoms with E-state index >= 15 is 0 Å². The molecule has 0 spiro atoms. The molecule has 0 aromatic rings. The van der Waals surface area contributed by atoms with E-state index in [2.05, 4.69) is 0 Å². The van der Waals surface area contributed by atoms with Gasteiger partial charge in [0.25, 0.3) is 0 Å². The lowest BCUT2D eigenvalue weighted by molar-refractivity contribution is -0.121. The molecule has 2 amide bonds. The number of hydrogen-bond donors (Lipinski definition) is 3. The van der Waals surface area contributed by atoms with Crippen molar-refractivity contribution in [3.8, 4) is 0 Å². The van der Waals surface area contributed by atoms with Crippen molar-refractivity contribution in [2.45, 2.75) is 13.0 Å². The molecular weight excluding hydrogens is 124 g/mol. The predicted molar refractivity (Wildman–Crippen MR) is 29.8 cm³/mol. The molecule has 4 N–H and O–H groups in total. The molecule has 0 fully saturated rings. The van der Waals surface area contributed by atoms with Gasteiger partial charge in [-0.05, 0) is 6.92 Å². The van der Waals surface area contributed by atoms with Crippen LogP contribution in [0, 0.1) is 0 Å². The van der Waals surface area contributed by atoms with Gasteiger partial charge in [0.1, 0.15) is 0 Å². The average molecular weight is 132 g/mol. The second-order valence-electron chi connectivity index (χ2n) is 1.58. The Balaban J connectivity index is 3.64. The zero-order valence-corrected chi connectivity index (χ0v) is 4.92. The molecule has 9 heavy (non-hydrogen) atoms. The van der Waals surface area contributed by atoms with Gasteiger partial charge in [-0.3, -0.25) is 10.1 Å². The topological polar surface area (TPSA) is 92.4 Å². The fraction of sp³-hybridized carbons (Fsp3) is 0.500. The molecule has 52 valence electrons. The zero-order chi connectivity index (χ0) is 7.44. The Morgan fingerprint density at radius 2 is 2.11 bits per heavy atom. The highest BCUT2D eigenvalue weighted by Crippen LogP contribution is 1.73. The van der Waals surface area contributed by atoms with Crippen LogP contribution in [-0.4, -0.2) is 23.1 Å². The number of imide groups is 1. The maximum atomic E-state index is 10.3. The van der Waals surface area contributed by atoms with Crippen LogP contribution in [0.15, 0.2) is 0 Å². The van der Waals surface area contributed by atoms with E-state index in [1.807, 2.05) is 0 Å². The molecule has 0 aromatic carbocycles. The maximum Gasteiger partial charge on any atom is 0.411 e. The fourth-order valence-electron chi connectivity index (χ4n) is 0.219. The third-order valence-electron chi connectivity index (χ3n) is 0.644. The van der Waals surface area contributed by atoms with E-state index in [1.165, 1.54) is 6.92 Å². The molecule has 0 aliphatic rings. The summed E-state index contributed by atoms with van der Waals surface area (Å²) in [6.45, 7) is 1.40. The lowest BCUT2D eigenvalue weighted by Crippen LogP contribution is -2.40. The van der Waals surface area contributed by atoms with Gasteiger partial charge in [-0.1, -0.05) is 0 Å². The van der Waals surface area contributed by atoms with Crippen molar-refractivity contribution in [3.63, 3.8) is 0 Å². The van der Waals surface area contributed by atoms with Crippen LogP contribution in [0.5, 0.6) is 0 Å². The zero-order valence-electron chi connectivity index (χ0n) is 4.92. The summed E-state index contributed by atoms with van der Waals surface area (Å²) >= 11 is 0. The molecular formula is C4H8N2O3. The van der Waals surface area contributed by atoms with E-state index in [0.29, 0.717) is 0 Å². The molecule has 0 aliphatic carbocycles. The Bertz CT molecular complexity index is 132. The molecule has 1 atom stereocenters. The minimum Gasteiger partial charge on any atom is -0.465 e. The van der Waals surface area contributed by atoms with Gasteiger partial charge >= 0.3 is 6.09 Å². The minimum atomic E-state index is -1.38. The molecule has 0 unspecified atom stereocenters. The Kier molecular flexibility index (Phi) is 2.66. The van der Waals surface area contributed by atoms with Crippen LogP contribution in [-0.2, 0) is 4.79 Å². The number of hydrogen-bond acceptors (Lipinski definition) is 3. The molecule has 0 heterocycles. The van der Waals surface area contributed by atoms with Crippen LogP contribution in [0.4, 0.5) is 4.79 Å². The summed E-state index contributed by atoms with van der Waals surface area (Å²) in [5.41, 5.74) is 5.01. The van der Waals surface area contributed by atoms with Gasteiger partial charge in [0.2, 0.25) is 5.91 Å². The molecule has 0 bridgehead atoms. The highest BCUT2D eigenvalue weighted by atomic mass is 16.4. The molecule has 0 aromatic heterocycles. The molecule has 5 heteroatoms. The highest BCUT2D eigenvalue weighted by Gasteiger charge is 2.08. The Labute approximate surface area is 51.8 Å². The predicted octanol–water partition coefficient (Wildman–Crippen LogP) is -0.872. The second kappa shape index (κ2) is 3.03. The molecule has 5 nitrogen and oxygen atoms in total. The second-order valence-corrected chi connectivity index (χ2v) is 1.58. The Morgan fingerprint density at radius 3 is 2.22 bits per heavy atom. The van der Waals surface area contributed by atoms with E-state index in [0.717, 1.165) is 0 Å². The minimum absolute atomic E-state index is 0.692. The molecule has 0 radical (unpaired) electrons. The molecule has 0 aliphatic heterocycles. The monoisotopic (exact) mass is 132 g/mol. The third-order valence-corrected chi connectivity index (χ3v) is 0.644. The standard InChI is InChI=1S/C4H8N2O3/c1-2(5)3(7)6-4(8)9/h2H,5H2,1H3,(H,6,7)(H,8,9)/t2-/m0/s1.